The quantitative estimate of drug-likeness (QED) is 0.544. The number of anilines is 3. The Morgan fingerprint density at radius 2 is 1.84 bits per heavy atom. The van der Waals surface area contributed by atoms with Gasteiger partial charge in [-0.1, -0.05) is 12.1 Å². The number of carbonyl (C=O) groups excluding carboxylic acids is 2. The van der Waals surface area contributed by atoms with Gasteiger partial charge in [-0.15, -0.1) is 0 Å². The van der Waals surface area contributed by atoms with Crippen LogP contribution < -0.4 is 19.8 Å². The van der Waals surface area contributed by atoms with E-state index in [2.05, 4.69) is 20.5 Å². The van der Waals surface area contributed by atoms with E-state index in [1.807, 2.05) is 12.1 Å². The second kappa shape index (κ2) is 9.99. The molecule has 170 valence electrons. The van der Waals surface area contributed by atoms with E-state index in [-0.39, 0.29) is 12.3 Å². The molecule has 2 aromatic rings. The number of hydrogen-bond acceptors (Lipinski definition) is 6. The van der Waals surface area contributed by atoms with Gasteiger partial charge in [0, 0.05) is 37.7 Å². The van der Waals surface area contributed by atoms with Crippen LogP contribution in [0.1, 0.15) is 25.7 Å². The van der Waals surface area contributed by atoms with E-state index in [0.29, 0.717) is 23.8 Å². The highest BCUT2D eigenvalue weighted by Gasteiger charge is 2.36. The Balaban J connectivity index is 1.26. The molecule has 10 heteroatoms. The lowest BCUT2D eigenvalue weighted by molar-refractivity contribution is -0.125. The summed E-state index contributed by atoms with van der Waals surface area (Å²) < 4.78 is 24.7. The van der Waals surface area contributed by atoms with Gasteiger partial charge in [-0.2, -0.15) is 0 Å². The third-order valence-electron chi connectivity index (χ3n) is 6.08. The van der Waals surface area contributed by atoms with E-state index in [0.717, 1.165) is 36.7 Å². The summed E-state index contributed by atoms with van der Waals surface area (Å²) in [5.74, 6) is -0.312. The van der Waals surface area contributed by atoms with Crippen LogP contribution in [0.3, 0.4) is 0 Å². The van der Waals surface area contributed by atoms with Crippen LogP contribution in [-0.2, 0) is 20.5 Å². The minimum atomic E-state index is -3.06. The number of rotatable bonds is 7. The van der Waals surface area contributed by atoms with Crippen LogP contribution in [-0.4, -0.2) is 50.9 Å². The SMILES string of the molecule is O=C(CC1C(=O)Nc2ccccc2N1[SH](=O)=O)NCCC1CCN(c2ccncc2)CC1. The lowest BCUT2D eigenvalue weighted by Gasteiger charge is -2.34. The maximum Gasteiger partial charge on any atom is 0.248 e. The molecule has 4 rings (SSSR count). The highest BCUT2D eigenvalue weighted by molar-refractivity contribution is 7.74. The molecular formula is C22H27N5O4S. The topological polar surface area (TPSA) is 112 Å². The Kier molecular flexibility index (Phi) is 6.89. The fraction of sp³-hybridized carbons (Fsp3) is 0.409. The Morgan fingerprint density at radius 1 is 1.12 bits per heavy atom. The standard InChI is InChI=1S/C22H27N5O4S/c28-21(15-20-22(29)25-18-3-1-2-4-19(18)27(20)32(30)31)24-12-5-16-8-13-26(14-9-16)17-6-10-23-11-7-17/h1-4,6-7,10-11,16,20,32H,5,8-9,12-15H2,(H,24,28)(H,25,29). The number of nitrogens with one attached hydrogen (secondary N) is 2. The molecule has 1 unspecified atom stereocenters. The Morgan fingerprint density at radius 3 is 2.56 bits per heavy atom. The van der Waals surface area contributed by atoms with Crippen molar-refractivity contribution in [3.05, 3.63) is 48.8 Å². The molecule has 2 aliphatic rings. The van der Waals surface area contributed by atoms with Gasteiger partial charge in [0.1, 0.15) is 6.04 Å². The van der Waals surface area contributed by atoms with Gasteiger partial charge >= 0.3 is 0 Å². The van der Waals surface area contributed by atoms with Crippen molar-refractivity contribution in [2.75, 3.05) is 34.2 Å². The number of hydrogen-bond donors (Lipinski definition) is 3. The maximum absolute atomic E-state index is 12.5. The summed E-state index contributed by atoms with van der Waals surface area (Å²) in [6, 6.07) is 9.59. The van der Waals surface area contributed by atoms with Crippen LogP contribution in [0, 0.1) is 5.92 Å². The summed E-state index contributed by atoms with van der Waals surface area (Å²) in [6.45, 7) is 2.44. The highest BCUT2D eigenvalue weighted by atomic mass is 32.2. The van der Waals surface area contributed by atoms with Gasteiger partial charge in [0.15, 0.2) is 0 Å². The number of carbonyl (C=O) groups is 2. The second-order valence-electron chi connectivity index (χ2n) is 8.08. The number of para-hydroxylation sites is 2. The van der Waals surface area contributed by atoms with E-state index >= 15 is 0 Å². The fourth-order valence-electron chi connectivity index (χ4n) is 4.35. The minimum Gasteiger partial charge on any atom is -0.371 e. The Bertz CT molecular complexity index is 1030. The number of benzene rings is 1. The predicted octanol–water partition coefficient (Wildman–Crippen LogP) is 1.55. The molecule has 9 nitrogen and oxygen atoms in total. The summed E-state index contributed by atoms with van der Waals surface area (Å²) >= 11 is 0. The van der Waals surface area contributed by atoms with E-state index in [1.165, 1.54) is 5.69 Å². The molecule has 2 aliphatic heterocycles. The van der Waals surface area contributed by atoms with Gasteiger partial charge in [-0.3, -0.25) is 18.9 Å². The first kappa shape index (κ1) is 22.1. The molecule has 0 bridgehead atoms. The molecular weight excluding hydrogens is 430 g/mol. The smallest absolute Gasteiger partial charge is 0.248 e. The fourth-order valence-corrected chi connectivity index (χ4v) is 5.12. The van der Waals surface area contributed by atoms with E-state index in [9.17, 15) is 18.0 Å². The van der Waals surface area contributed by atoms with Gasteiger partial charge in [-0.05, 0) is 49.4 Å². The zero-order valence-corrected chi connectivity index (χ0v) is 18.5. The normalized spacial score (nSPS) is 18.9. The van der Waals surface area contributed by atoms with Crippen LogP contribution in [0.5, 0.6) is 0 Å². The van der Waals surface area contributed by atoms with Crippen molar-refractivity contribution in [2.45, 2.75) is 31.7 Å². The van der Waals surface area contributed by atoms with Crippen molar-refractivity contribution in [3.8, 4) is 0 Å². The first-order valence-corrected chi connectivity index (χ1v) is 11.9. The number of piperidine rings is 1. The monoisotopic (exact) mass is 457 g/mol. The van der Waals surface area contributed by atoms with Crippen molar-refractivity contribution in [1.29, 1.82) is 0 Å². The van der Waals surface area contributed by atoms with Crippen molar-refractivity contribution in [1.82, 2.24) is 10.3 Å². The Hall–Kier alpha value is -3.14. The number of thiol groups is 1. The summed E-state index contributed by atoms with van der Waals surface area (Å²) in [4.78, 5) is 31.4. The number of nitrogens with zero attached hydrogens (tertiary/aromatic N) is 3. The van der Waals surface area contributed by atoms with E-state index in [1.54, 1.807) is 36.7 Å². The van der Waals surface area contributed by atoms with E-state index in [4.69, 9.17) is 0 Å². The highest BCUT2D eigenvalue weighted by Crippen LogP contribution is 2.32. The summed E-state index contributed by atoms with van der Waals surface area (Å²) in [5, 5.41) is 5.55. The molecule has 1 aromatic heterocycles. The molecule has 0 saturated carbocycles. The average Bonchev–Trinajstić information content (AvgIpc) is 2.80. The molecule has 32 heavy (non-hydrogen) atoms. The van der Waals surface area contributed by atoms with Gasteiger partial charge in [-0.25, -0.2) is 8.42 Å². The third-order valence-corrected chi connectivity index (χ3v) is 6.92. The Labute approximate surface area is 188 Å². The van der Waals surface area contributed by atoms with Gasteiger partial charge in [0.05, 0.1) is 17.8 Å². The van der Waals surface area contributed by atoms with Crippen LogP contribution >= 0.6 is 0 Å². The lowest BCUT2D eigenvalue weighted by atomic mass is 9.93. The van der Waals surface area contributed by atoms with Crippen molar-refractivity contribution in [3.63, 3.8) is 0 Å². The first-order chi connectivity index (χ1) is 15.5. The maximum atomic E-state index is 12.5. The summed E-state index contributed by atoms with van der Waals surface area (Å²) in [6.07, 6.45) is 6.33. The molecule has 2 N–H and O–H groups in total. The van der Waals surface area contributed by atoms with Gasteiger partial charge < -0.3 is 15.5 Å². The number of pyridine rings is 1. The molecule has 2 amide bonds. The molecule has 1 saturated heterocycles. The zero-order chi connectivity index (χ0) is 22.5. The largest absolute Gasteiger partial charge is 0.371 e. The average molecular weight is 458 g/mol. The predicted molar refractivity (Wildman–Crippen MR) is 123 cm³/mol. The van der Waals surface area contributed by atoms with Crippen molar-refractivity contribution >= 4 is 39.8 Å². The third kappa shape index (κ3) is 5.01. The molecule has 0 radical (unpaired) electrons. The number of aromatic nitrogens is 1. The van der Waals surface area contributed by atoms with Gasteiger partial charge in [0.2, 0.25) is 22.7 Å². The summed E-state index contributed by atoms with van der Waals surface area (Å²) in [5.41, 5.74) is 1.98. The zero-order valence-electron chi connectivity index (χ0n) is 17.6. The molecule has 1 fully saturated rings. The second-order valence-corrected chi connectivity index (χ2v) is 8.99. The lowest BCUT2D eigenvalue weighted by Crippen LogP contribution is -2.49. The van der Waals surface area contributed by atoms with Gasteiger partial charge in [0.25, 0.3) is 0 Å². The molecule has 3 heterocycles. The number of fused-ring (bicyclic) bond motifs is 1. The minimum absolute atomic E-state index is 0.218. The van der Waals surface area contributed by atoms with Crippen LogP contribution in [0.15, 0.2) is 48.8 Å². The first-order valence-electron chi connectivity index (χ1n) is 10.8. The number of amides is 2. The molecule has 1 atom stereocenters. The van der Waals surface area contributed by atoms with Crippen LogP contribution in [0.2, 0.25) is 0 Å². The molecule has 0 spiro atoms. The van der Waals surface area contributed by atoms with E-state index < -0.39 is 22.8 Å². The molecule has 0 aliphatic carbocycles. The summed E-state index contributed by atoms with van der Waals surface area (Å²) in [7, 11) is -3.06. The molecule has 1 aromatic carbocycles. The van der Waals surface area contributed by atoms with Crippen molar-refractivity contribution in [2.24, 2.45) is 5.92 Å². The van der Waals surface area contributed by atoms with Crippen LogP contribution in [0.4, 0.5) is 17.1 Å². The van der Waals surface area contributed by atoms with Crippen molar-refractivity contribution < 1.29 is 18.0 Å². The van der Waals surface area contributed by atoms with Crippen LogP contribution in [0.25, 0.3) is 0 Å².